The van der Waals surface area contributed by atoms with Gasteiger partial charge in [-0.05, 0) is 12.1 Å². The lowest BCUT2D eigenvalue weighted by Gasteiger charge is -1.99. The summed E-state index contributed by atoms with van der Waals surface area (Å²) in [5, 5.41) is 0.0816. The highest BCUT2D eigenvalue weighted by Crippen LogP contribution is 2.22. The standard InChI is InChI=1S/C6H4Cl2O3S/c7-5-3-1-2-4-6(5)12(9,10)11-8/h1-4H. The van der Waals surface area contributed by atoms with Crippen LogP contribution in [0.5, 0.6) is 0 Å². The fraction of sp³-hybridized carbons (Fsp3) is 0. The maximum absolute atomic E-state index is 11.0. The molecular formula is C6H4Cl2O3S. The highest BCUT2D eigenvalue weighted by Gasteiger charge is 2.17. The number of halogens is 2. The zero-order valence-electron chi connectivity index (χ0n) is 5.70. The molecule has 0 saturated heterocycles. The molecule has 1 rings (SSSR count). The molecule has 0 spiro atoms. The quantitative estimate of drug-likeness (QED) is 0.777. The molecule has 0 heterocycles. The Hall–Kier alpha value is -0.290. The summed E-state index contributed by atoms with van der Waals surface area (Å²) in [5.74, 6) is 0. The van der Waals surface area contributed by atoms with E-state index in [4.69, 9.17) is 23.5 Å². The zero-order chi connectivity index (χ0) is 9.19. The SMILES string of the molecule is O=S(=O)(OCl)c1ccccc1Cl. The van der Waals surface area contributed by atoms with E-state index in [-0.39, 0.29) is 9.92 Å². The number of rotatable bonds is 2. The Bertz CT molecular complexity index is 374. The Morgan fingerprint density at radius 1 is 1.25 bits per heavy atom. The van der Waals surface area contributed by atoms with Crippen molar-refractivity contribution in [2.75, 3.05) is 0 Å². The van der Waals surface area contributed by atoms with Gasteiger partial charge in [0.1, 0.15) is 4.90 Å². The highest BCUT2D eigenvalue weighted by atomic mass is 35.5. The van der Waals surface area contributed by atoms with Crippen molar-refractivity contribution in [1.82, 2.24) is 0 Å². The van der Waals surface area contributed by atoms with E-state index in [9.17, 15) is 8.42 Å². The van der Waals surface area contributed by atoms with Crippen LogP contribution >= 0.6 is 23.5 Å². The van der Waals surface area contributed by atoms with Gasteiger partial charge >= 0.3 is 10.1 Å². The molecule has 0 amide bonds. The fourth-order valence-electron chi connectivity index (χ4n) is 0.681. The van der Waals surface area contributed by atoms with E-state index in [1.54, 1.807) is 6.07 Å². The second-order valence-electron chi connectivity index (χ2n) is 1.95. The minimum absolute atomic E-state index is 0.0816. The summed E-state index contributed by atoms with van der Waals surface area (Å²) in [6, 6.07) is 5.87. The molecule has 0 radical (unpaired) electrons. The van der Waals surface area contributed by atoms with E-state index in [1.807, 2.05) is 0 Å². The molecule has 0 aliphatic rings. The van der Waals surface area contributed by atoms with Crippen LogP contribution in [-0.4, -0.2) is 8.42 Å². The monoisotopic (exact) mass is 226 g/mol. The Balaban J connectivity index is 3.30. The van der Waals surface area contributed by atoms with Crippen LogP contribution < -0.4 is 0 Å². The van der Waals surface area contributed by atoms with Gasteiger partial charge in [-0.2, -0.15) is 12.2 Å². The third-order valence-corrected chi connectivity index (χ3v) is 3.19. The number of hydrogen-bond donors (Lipinski definition) is 0. The maximum Gasteiger partial charge on any atom is 0.314 e. The summed E-state index contributed by atoms with van der Waals surface area (Å²) in [6.07, 6.45) is 0. The van der Waals surface area contributed by atoms with Crippen molar-refractivity contribution in [3.8, 4) is 0 Å². The lowest BCUT2D eigenvalue weighted by molar-refractivity contribution is 0.509. The molecule has 0 aromatic heterocycles. The van der Waals surface area contributed by atoms with Gasteiger partial charge in [0, 0.05) is 0 Å². The summed E-state index contributed by atoms with van der Waals surface area (Å²) in [6.45, 7) is 0. The van der Waals surface area contributed by atoms with Crippen molar-refractivity contribution in [3.63, 3.8) is 0 Å². The third kappa shape index (κ3) is 1.90. The van der Waals surface area contributed by atoms with Gasteiger partial charge in [0.2, 0.25) is 0 Å². The molecule has 0 unspecified atom stereocenters. The van der Waals surface area contributed by atoms with Crippen molar-refractivity contribution in [1.29, 1.82) is 0 Å². The van der Waals surface area contributed by atoms with Gasteiger partial charge in [-0.25, -0.2) is 0 Å². The van der Waals surface area contributed by atoms with Gasteiger partial charge in [0.25, 0.3) is 0 Å². The predicted octanol–water partition coefficient (Wildman–Crippen LogP) is 2.20. The first-order valence-electron chi connectivity index (χ1n) is 2.87. The van der Waals surface area contributed by atoms with Crippen molar-refractivity contribution < 1.29 is 12.2 Å². The molecule has 0 N–H and O–H groups in total. The minimum atomic E-state index is -3.90. The Morgan fingerprint density at radius 2 is 1.83 bits per heavy atom. The minimum Gasteiger partial charge on any atom is -0.193 e. The molecule has 0 bridgehead atoms. The molecule has 0 aliphatic heterocycles. The maximum atomic E-state index is 11.0. The Labute approximate surface area is 80.2 Å². The smallest absolute Gasteiger partial charge is 0.193 e. The Morgan fingerprint density at radius 3 is 2.33 bits per heavy atom. The summed E-state index contributed by atoms with van der Waals surface area (Å²) in [4.78, 5) is -0.137. The van der Waals surface area contributed by atoms with E-state index in [0.717, 1.165) is 0 Å². The molecule has 1 aromatic carbocycles. The van der Waals surface area contributed by atoms with Crippen LogP contribution in [0, 0.1) is 0 Å². The lowest BCUT2D eigenvalue weighted by Crippen LogP contribution is -1.99. The molecule has 0 atom stereocenters. The van der Waals surface area contributed by atoms with Crippen molar-refractivity contribution in [2.24, 2.45) is 0 Å². The molecular weight excluding hydrogens is 223 g/mol. The average molecular weight is 227 g/mol. The zero-order valence-corrected chi connectivity index (χ0v) is 8.03. The average Bonchev–Trinajstić information content (AvgIpc) is 2.05. The molecule has 1 aromatic rings. The number of hydrogen-bond acceptors (Lipinski definition) is 3. The summed E-state index contributed by atoms with van der Waals surface area (Å²) >= 11 is 10.3. The molecule has 12 heavy (non-hydrogen) atoms. The largest absolute Gasteiger partial charge is 0.314 e. The molecule has 0 saturated carbocycles. The van der Waals surface area contributed by atoms with Gasteiger partial charge in [-0.15, -0.1) is 0 Å². The van der Waals surface area contributed by atoms with Crippen LogP contribution in [-0.2, 0) is 13.9 Å². The predicted molar refractivity (Wildman–Crippen MR) is 45.6 cm³/mol. The highest BCUT2D eigenvalue weighted by molar-refractivity contribution is 7.87. The first-order chi connectivity index (χ1) is 5.58. The van der Waals surface area contributed by atoms with E-state index >= 15 is 0 Å². The Kier molecular flexibility index (Phi) is 2.95. The normalized spacial score (nSPS) is 11.5. The van der Waals surface area contributed by atoms with Crippen molar-refractivity contribution in [2.45, 2.75) is 4.90 Å². The van der Waals surface area contributed by atoms with Gasteiger partial charge < -0.3 is 0 Å². The van der Waals surface area contributed by atoms with Crippen molar-refractivity contribution >= 4 is 33.6 Å². The van der Waals surface area contributed by atoms with Crippen LogP contribution in [0.15, 0.2) is 29.2 Å². The topological polar surface area (TPSA) is 43.4 Å². The number of benzene rings is 1. The van der Waals surface area contributed by atoms with E-state index in [2.05, 4.69) is 3.74 Å². The van der Waals surface area contributed by atoms with Gasteiger partial charge in [0.15, 0.2) is 0 Å². The fourth-order valence-corrected chi connectivity index (χ4v) is 1.92. The third-order valence-electron chi connectivity index (χ3n) is 1.19. The molecule has 0 aliphatic carbocycles. The second-order valence-corrected chi connectivity index (χ2v) is 4.21. The summed E-state index contributed by atoms with van der Waals surface area (Å²) in [5.41, 5.74) is 0. The lowest BCUT2D eigenvalue weighted by atomic mass is 10.4. The van der Waals surface area contributed by atoms with Gasteiger partial charge in [-0.3, -0.25) is 0 Å². The molecule has 3 nitrogen and oxygen atoms in total. The van der Waals surface area contributed by atoms with Crippen LogP contribution in [0.4, 0.5) is 0 Å². The first-order valence-corrected chi connectivity index (χ1v) is 4.97. The molecule has 6 heteroatoms. The molecule has 66 valence electrons. The van der Waals surface area contributed by atoms with Gasteiger partial charge in [-0.1, -0.05) is 23.7 Å². The first kappa shape index (κ1) is 9.80. The van der Waals surface area contributed by atoms with Gasteiger partial charge in [0.05, 0.1) is 16.9 Å². The van der Waals surface area contributed by atoms with E-state index < -0.39 is 10.1 Å². The van der Waals surface area contributed by atoms with E-state index in [1.165, 1.54) is 18.2 Å². The van der Waals surface area contributed by atoms with Crippen LogP contribution in [0.25, 0.3) is 0 Å². The molecule has 0 fully saturated rings. The van der Waals surface area contributed by atoms with Crippen LogP contribution in [0.3, 0.4) is 0 Å². The van der Waals surface area contributed by atoms with Crippen LogP contribution in [0.1, 0.15) is 0 Å². The van der Waals surface area contributed by atoms with Crippen molar-refractivity contribution in [3.05, 3.63) is 29.3 Å². The summed E-state index contributed by atoms with van der Waals surface area (Å²) < 4.78 is 25.7. The second kappa shape index (κ2) is 3.62. The summed E-state index contributed by atoms with van der Waals surface area (Å²) in [7, 11) is -3.90. The van der Waals surface area contributed by atoms with Crippen LogP contribution in [0.2, 0.25) is 5.02 Å². The van der Waals surface area contributed by atoms with E-state index in [0.29, 0.717) is 0 Å².